The Labute approximate surface area is 194 Å². The lowest BCUT2D eigenvalue weighted by atomic mass is 10.2. The Balaban J connectivity index is 1.77. The number of hydrogen-bond donors (Lipinski definition) is 1. The highest BCUT2D eigenvalue weighted by Crippen LogP contribution is 2.29. The Hall–Kier alpha value is -3.03. The number of rotatable bonds is 9. The Morgan fingerprint density at radius 1 is 0.969 bits per heavy atom. The van der Waals surface area contributed by atoms with Crippen LogP contribution in [0.25, 0.3) is 0 Å². The molecular weight excluding hydrogens is 446 g/mol. The summed E-state index contributed by atoms with van der Waals surface area (Å²) in [6.45, 7) is 2.38. The number of halogens is 1. The molecular formula is C24H26ClN3O3S. The van der Waals surface area contributed by atoms with Crippen LogP contribution in [0, 0.1) is 6.92 Å². The quantitative estimate of drug-likeness (QED) is 0.510. The Morgan fingerprint density at radius 2 is 1.59 bits per heavy atom. The van der Waals surface area contributed by atoms with E-state index in [1.807, 2.05) is 42.3 Å². The molecule has 3 aromatic rings. The predicted octanol–water partition coefficient (Wildman–Crippen LogP) is 4.10. The Kier molecular flexibility index (Phi) is 7.77. The fourth-order valence-electron chi connectivity index (χ4n) is 3.23. The molecule has 0 saturated heterocycles. The first-order valence-corrected chi connectivity index (χ1v) is 12.0. The van der Waals surface area contributed by atoms with Gasteiger partial charge in [0, 0.05) is 30.8 Å². The standard InChI is InChI=1S/C24H26ClN3O3S/c1-19-13-14-20(25)17-23(19)28(32(30,31)22-11-7-4-8-12-22)18-24(29)26-15-16-27(2)21-9-5-3-6-10-21/h3-14,17H,15-16,18H2,1-2H3,(H,26,29). The lowest BCUT2D eigenvalue weighted by Gasteiger charge is -2.26. The fourth-order valence-corrected chi connectivity index (χ4v) is 4.90. The van der Waals surface area contributed by atoms with Crippen LogP contribution in [0.1, 0.15) is 5.56 Å². The summed E-state index contributed by atoms with van der Waals surface area (Å²) in [5.41, 5.74) is 2.10. The minimum atomic E-state index is -3.97. The number of aryl methyl sites for hydroxylation is 1. The van der Waals surface area contributed by atoms with Crippen LogP contribution in [-0.2, 0) is 14.8 Å². The maximum Gasteiger partial charge on any atom is 0.264 e. The normalized spacial score (nSPS) is 11.1. The summed E-state index contributed by atoms with van der Waals surface area (Å²) in [5, 5.41) is 3.21. The first-order valence-electron chi connectivity index (χ1n) is 10.2. The lowest BCUT2D eigenvalue weighted by molar-refractivity contribution is -0.119. The van der Waals surface area contributed by atoms with Crippen molar-refractivity contribution in [3.05, 3.63) is 89.4 Å². The van der Waals surface area contributed by atoms with Gasteiger partial charge in [0.15, 0.2) is 0 Å². The number of anilines is 2. The van der Waals surface area contributed by atoms with Crippen molar-refractivity contribution in [2.45, 2.75) is 11.8 Å². The first kappa shape index (κ1) is 23.6. The average Bonchev–Trinajstić information content (AvgIpc) is 2.80. The van der Waals surface area contributed by atoms with Crippen LogP contribution in [0.5, 0.6) is 0 Å². The van der Waals surface area contributed by atoms with Gasteiger partial charge >= 0.3 is 0 Å². The van der Waals surface area contributed by atoms with Gasteiger partial charge in [0.05, 0.1) is 10.6 Å². The zero-order valence-corrected chi connectivity index (χ0v) is 19.6. The van der Waals surface area contributed by atoms with Gasteiger partial charge in [-0.25, -0.2) is 8.42 Å². The maximum absolute atomic E-state index is 13.4. The summed E-state index contributed by atoms with van der Waals surface area (Å²) in [4.78, 5) is 14.9. The molecule has 0 unspecified atom stereocenters. The minimum absolute atomic E-state index is 0.107. The topological polar surface area (TPSA) is 69.7 Å². The third-order valence-electron chi connectivity index (χ3n) is 5.02. The SMILES string of the molecule is Cc1ccc(Cl)cc1N(CC(=O)NCCN(C)c1ccccc1)S(=O)(=O)c1ccccc1. The van der Waals surface area contributed by atoms with E-state index < -0.39 is 15.9 Å². The maximum atomic E-state index is 13.4. The van der Waals surface area contributed by atoms with Crippen LogP contribution in [0.4, 0.5) is 11.4 Å². The summed E-state index contributed by atoms with van der Waals surface area (Å²) in [6, 6.07) is 22.8. The van der Waals surface area contributed by atoms with E-state index in [1.165, 1.54) is 12.1 Å². The fraction of sp³-hybridized carbons (Fsp3) is 0.208. The van der Waals surface area contributed by atoms with Gasteiger partial charge in [-0.05, 0) is 48.9 Å². The van der Waals surface area contributed by atoms with Crippen molar-refractivity contribution in [2.24, 2.45) is 0 Å². The second kappa shape index (κ2) is 10.5. The van der Waals surface area contributed by atoms with E-state index in [1.54, 1.807) is 43.3 Å². The molecule has 0 aliphatic carbocycles. The number of hydrogen-bond acceptors (Lipinski definition) is 4. The number of amides is 1. The summed E-state index contributed by atoms with van der Waals surface area (Å²) in [7, 11) is -2.04. The molecule has 0 radical (unpaired) electrons. The third kappa shape index (κ3) is 5.81. The van der Waals surface area contributed by atoms with Crippen LogP contribution >= 0.6 is 11.6 Å². The van der Waals surface area contributed by atoms with E-state index in [0.29, 0.717) is 29.4 Å². The minimum Gasteiger partial charge on any atom is -0.373 e. The zero-order valence-electron chi connectivity index (χ0n) is 18.0. The van der Waals surface area contributed by atoms with E-state index in [0.717, 1.165) is 9.99 Å². The van der Waals surface area contributed by atoms with Crippen LogP contribution in [0.15, 0.2) is 83.8 Å². The molecule has 1 N–H and O–H groups in total. The van der Waals surface area contributed by atoms with Crippen LogP contribution in [-0.4, -0.2) is 41.0 Å². The molecule has 168 valence electrons. The van der Waals surface area contributed by atoms with E-state index in [9.17, 15) is 13.2 Å². The van der Waals surface area contributed by atoms with E-state index >= 15 is 0 Å². The summed E-state index contributed by atoms with van der Waals surface area (Å²) < 4.78 is 27.9. The zero-order chi connectivity index (χ0) is 23.1. The number of likely N-dealkylation sites (N-methyl/N-ethyl adjacent to an activating group) is 1. The van der Waals surface area contributed by atoms with Crippen molar-refractivity contribution in [2.75, 3.05) is 35.9 Å². The molecule has 0 aliphatic heterocycles. The predicted molar refractivity (Wildman–Crippen MR) is 130 cm³/mol. The number of benzene rings is 3. The summed E-state index contributed by atoms with van der Waals surface area (Å²) in [5.74, 6) is -0.398. The molecule has 1 amide bonds. The molecule has 6 nitrogen and oxygen atoms in total. The summed E-state index contributed by atoms with van der Waals surface area (Å²) in [6.07, 6.45) is 0. The second-order valence-corrected chi connectivity index (χ2v) is 9.66. The monoisotopic (exact) mass is 471 g/mol. The van der Waals surface area contributed by atoms with Gasteiger partial charge in [-0.15, -0.1) is 0 Å². The van der Waals surface area contributed by atoms with Gasteiger partial charge in [0.1, 0.15) is 6.54 Å². The molecule has 0 saturated carbocycles. The smallest absolute Gasteiger partial charge is 0.264 e. The Morgan fingerprint density at radius 3 is 2.25 bits per heavy atom. The van der Waals surface area contributed by atoms with E-state index in [-0.39, 0.29) is 11.4 Å². The molecule has 0 bridgehead atoms. The number of nitrogens with one attached hydrogen (secondary N) is 1. The molecule has 0 spiro atoms. The number of carbonyl (C=O) groups is 1. The van der Waals surface area contributed by atoms with Gasteiger partial charge in [0.25, 0.3) is 10.0 Å². The molecule has 0 heterocycles. The highest BCUT2D eigenvalue weighted by atomic mass is 35.5. The number of carbonyl (C=O) groups excluding carboxylic acids is 1. The van der Waals surface area contributed by atoms with Crippen molar-refractivity contribution >= 4 is 38.9 Å². The van der Waals surface area contributed by atoms with Gasteiger partial charge in [0.2, 0.25) is 5.91 Å². The Bertz CT molecular complexity index is 1160. The van der Waals surface area contributed by atoms with E-state index in [2.05, 4.69) is 5.32 Å². The van der Waals surface area contributed by atoms with Crippen LogP contribution < -0.4 is 14.5 Å². The first-order chi connectivity index (χ1) is 15.3. The molecule has 0 aromatic heterocycles. The van der Waals surface area contributed by atoms with Gasteiger partial charge in [-0.3, -0.25) is 9.10 Å². The van der Waals surface area contributed by atoms with Crippen molar-refractivity contribution in [3.8, 4) is 0 Å². The molecule has 0 atom stereocenters. The van der Waals surface area contributed by atoms with Gasteiger partial charge < -0.3 is 10.2 Å². The van der Waals surface area contributed by atoms with Crippen molar-refractivity contribution in [1.29, 1.82) is 0 Å². The number of sulfonamides is 1. The molecule has 3 aromatic carbocycles. The molecule has 0 fully saturated rings. The van der Waals surface area contributed by atoms with Crippen molar-refractivity contribution < 1.29 is 13.2 Å². The number of nitrogens with zero attached hydrogens (tertiary/aromatic N) is 2. The van der Waals surface area contributed by atoms with Crippen molar-refractivity contribution in [3.63, 3.8) is 0 Å². The van der Waals surface area contributed by atoms with E-state index in [4.69, 9.17) is 11.6 Å². The van der Waals surface area contributed by atoms with Crippen molar-refractivity contribution in [1.82, 2.24) is 5.32 Å². The lowest BCUT2D eigenvalue weighted by Crippen LogP contribution is -2.43. The highest BCUT2D eigenvalue weighted by Gasteiger charge is 2.28. The van der Waals surface area contributed by atoms with Crippen LogP contribution in [0.2, 0.25) is 5.02 Å². The third-order valence-corrected chi connectivity index (χ3v) is 7.03. The molecule has 8 heteroatoms. The average molecular weight is 472 g/mol. The molecule has 3 rings (SSSR count). The summed E-state index contributed by atoms with van der Waals surface area (Å²) >= 11 is 6.14. The largest absolute Gasteiger partial charge is 0.373 e. The highest BCUT2D eigenvalue weighted by molar-refractivity contribution is 7.92. The van der Waals surface area contributed by atoms with Gasteiger partial charge in [-0.2, -0.15) is 0 Å². The van der Waals surface area contributed by atoms with Gasteiger partial charge in [-0.1, -0.05) is 54.1 Å². The molecule has 32 heavy (non-hydrogen) atoms. The second-order valence-electron chi connectivity index (χ2n) is 7.36. The number of para-hydroxylation sites is 1. The van der Waals surface area contributed by atoms with Crippen LogP contribution in [0.3, 0.4) is 0 Å². The molecule has 0 aliphatic rings.